The van der Waals surface area contributed by atoms with E-state index in [1.807, 2.05) is 19.1 Å². The molecule has 1 aliphatic rings. The molecule has 1 aromatic heterocycles. The molecule has 4 heteroatoms. The summed E-state index contributed by atoms with van der Waals surface area (Å²) >= 11 is 0. The minimum Gasteiger partial charge on any atom is -0.474 e. The summed E-state index contributed by atoms with van der Waals surface area (Å²) in [6.45, 7) is 4.14. The molecule has 0 saturated carbocycles. The number of rotatable bonds is 2. The van der Waals surface area contributed by atoms with Crippen molar-refractivity contribution < 1.29 is 4.74 Å². The largest absolute Gasteiger partial charge is 0.474 e. The molecule has 1 saturated heterocycles. The van der Waals surface area contributed by atoms with Crippen LogP contribution in [0, 0.1) is 6.92 Å². The van der Waals surface area contributed by atoms with Crippen molar-refractivity contribution in [3.05, 3.63) is 23.9 Å². The van der Waals surface area contributed by atoms with Crippen LogP contribution in [0.4, 0.5) is 0 Å². The lowest BCUT2D eigenvalue weighted by Gasteiger charge is -2.23. The highest BCUT2D eigenvalue weighted by atomic mass is 35.5. The molecule has 0 unspecified atom stereocenters. The van der Waals surface area contributed by atoms with E-state index in [-0.39, 0.29) is 12.4 Å². The summed E-state index contributed by atoms with van der Waals surface area (Å²) in [7, 11) is 0. The molecule has 1 N–H and O–H groups in total. The summed E-state index contributed by atoms with van der Waals surface area (Å²) in [5.41, 5.74) is 1.12. The predicted octanol–water partition coefficient (Wildman–Crippen LogP) is 1.94. The first-order chi connectivity index (χ1) is 6.86. The molecule has 2 rings (SSSR count). The van der Waals surface area contributed by atoms with Crippen molar-refractivity contribution in [3.63, 3.8) is 0 Å². The zero-order valence-electron chi connectivity index (χ0n) is 8.90. The molecule has 0 atom stereocenters. The smallest absolute Gasteiger partial charge is 0.216 e. The summed E-state index contributed by atoms with van der Waals surface area (Å²) in [6.07, 6.45) is 4.28. The van der Waals surface area contributed by atoms with Crippen LogP contribution in [0.1, 0.15) is 18.4 Å². The molecule has 2 heterocycles. The average Bonchev–Trinajstić information content (AvgIpc) is 2.23. The van der Waals surface area contributed by atoms with Gasteiger partial charge in [0.1, 0.15) is 6.10 Å². The molecule has 0 radical (unpaired) electrons. The van der Waals surface area contributed by atoms with E-state index in [2.05, 4.69) is 10.3 Å². The maximum atomic E-state index is 5.83. The second kappa shape index (κ2) is 5.93. The fraction of sp³-hybridized carbons (Fsp3) is 0.545. The Hall–Kier alpha value is -0.800. The number of nitrogens with zero attached hydrogens (tertiary/aromatic N) is 1. The quantitative estimate of drug-likeness (QED) is 0.840. The Kier molecular flexibility index (Phi) is 4.85. The maximum absolute atomic E-state index is 5.83. The summed E-state index contributed by atoms with van der Waals surface area (Å²) < 4.78 is 5.83. The van der Waals surface area contributed by atoms with E-state index in [9.17, 15) is 0 Å². The van der Waals surface area contributed by atoms with Crippen LogP contribution in [0.25, 0.3) is 0 Å². The van der Waals surface area contributed by atoms with E-state index >= 15 is 0 Å². The van der Waals surface area contributed by atoms with E-state index in [0.29, 0.717) is 6.10 Å². The topological polar surface area (TPSA) is 34.1 Å². The number of hydrogen-bond acceptors (Lipinski definition) is 3. The number of piperidine rings is 1. The van der Waals surface area contributed by atoms with Gasteiger partial charge in [-0.25, -0.2) is 4.98 Å². The first-order valence-electron chi connectivity index (χ1n) is 5.15. The Morgan fingerprint density at radius 1 is 1.40 bits per heavy atom. The van der Waals surface area contributed by atoms with E-state index < -0.39 is 0 Å². The lowest BCUT2D eigenvalue weighted by molar-refractivity contribution is 0.155. The van der Waals surface area contributed by atoms with Gasteiger partial charge >= 0.3 is 0 Å². The summed E-state index contributed by atoms with van der Waals surface area (Å²) in [5.74, 6) is 0.791. The minimum atomic E-state index is 0. The monoisotopic (exact) mass is 228 g/mol. The lowest BCUT2D eigenvalue weighted by Crippen LogP contribution is -2.34. The molecule has 0 aromatic carbocycles. The Bertz CT molecular complexity index is 300. The van der Waals surface area contributed by atoms with Gasteiger partial charge in [-0.1, -0.05) is 6.07 Å². The summed E-state index contributed by atoms with van der Waals surface area (Å²) in [5, 5.41) is 3.31. The number of aromatic nitrogens is 1. The van der Waals surface area contributed by atoms with Crippen LogP contribution in [-0.2, 0) is 0 Å². The molecule has 0 spiro atoms. The normalized spacial score (nSPS) is 16.9. The first-order valence-corrected chi connectivity index (χ1v) is 5.15. The average molecular weight is 229 g/mol. The van der Waals surface area contributed by atoms with Crippen molar-refractivity contribution >= 4 is 12.4 Å². The molecular weight excluding hydrogens is 212 g/mol. The number of ether oxygens (including phenoxy) is 1. The molecule has 84 valence electrons. The molecular formula is C11H17ClN2O. The van der Waals surface area contributed by atoms with Gasteiger partial charge in [0.2, 0.25) is 5.88 Å². The van der Waals surface area contributed by atoms with Gasteiger partial charge in [-0.2, -0.15) is 0 Å². The summed E-state index contributed by atoms with van der Waals surface area (Å²) in [6, 6.07) is 3.97. The Morgan fingerprint density at radius 3 is 2.80 bits per heavy atom. The van der Waals surface area contributed by atoms with Crippen LogP contribution in [0.15, 0.2) is 18.3 Å². The van der Waals surface area contributed by atoms with Crippen LogP contribution < -0.4 is 10.1 Å². The molecule has 0 bridgehead atoms. The second-order valence-corrected chi connectivity index (χ2v) is 3.69. The van der Waals surface area contributed by atoms with Crippen molar-refractivity contribution in [2.24, 2.45) is 0 Å². The lowest BCUT2D eigenvalue weighted by atomic mass is 10.1. The van der Waals surface area contributed by atoms with Gasteiger partial charge in [-0.05, 0) is 38.9 Å². The van der Waals surface area contributed by atoms with Crippen LogP contribution in [0.3, 0.4) is 0 Å². The Labute approximate surface area is 96.7 Å². The maximum Gasteiger partial charge on any atom is 0.216 e. The van der Waals surface area contributed by atoms with Crippen molar-refractivity contribution in [3.8, 4) is 5.88 Å². The van der Waals surface area contributed by atoms with Gasteiger partial charge in [0.05, 0.1) is 0 Å². The molecule has 1 fully saturated rings. The number of nitrogens with one attached hydrogen (secondary N) is 1. The SMILES string of the molecule is Cc1cccnc1OC1CCNCC1.Cl. The molecule has 3 nitrogen and oxygen atoms in total. The van der Waals surface area contributed by atoms with E-state index in [1.165, 1.54) is 0 Å². The van der Waals surface area contributed by atoms with Gasteiger partial charge in [-0.3, -0.25) is 0 Å². The fourth-order valence-electron chi connectivity index (χ4n) is 1.67. The van der Waals surface area contributed by atoms with Crippen LogP contribution >= 0.6 is 12.4 Å². The van der Waals surface area contributed by atoms with Gasteiger partial charge in [0, 0.05) is 11.8 Å². The number of pyridine rings is 1. The van der Waals surface area contributed by atoms with Crippen molar-refractivity contribution in [2.45, 2.75) is 25.9 Å². The number of hydrogen-bond donors (Lipinski definition) is 1. The minimum absolute atomic E-state index is 0. The standard InChI is InChI=1S/C11H16N2O.ClH/c1-9-3-2-6-13-11(9)14-10-4-7-12-8-5-10;/h2-3,6,10,12H,4-5,7-8H2,1H3;1H. The van der Waals surface area contributed by atoms with Crippen LogP contribution in [-0.4, -0.2) is 24.2 Å². The van der Waals surface area contributed by atoms with Crippen molar-refractivity contribution in [2.75, 3.05) is 13.1 Å². The summed E-state index contributed by atoms with van der Waals surface area (Å²) in [4.78, 5) is 4.23. The zero-order chi connectivity index (χ0) is 9.80. The van der Waals surface area contributed by atoms with Crippen molar-refractivity contribution in [1.82, 2.24) is 10.3 Å². The molecule has 15 heavy (non-hydrogen) atoms. The van der Waals surface area contributed by atoms with Gasteiger partial charge in [0.25, 0.3) is 0 Å². The molecule has 0 aliphatic carbocycles. The molecule has 0 amide bonds. The highest BCUT2D eigenvalue weighted by molar-refractivity contribution is 5.85. The highest BCUT2D eigenvalue weighted by Gasteiger charge is 2.15. The van der Waals surface area contributed by atoms with E-state index in [0.717, 1.165) is 37.4 Å². The predicted molar refractivity (Wildman–Crippen MR) is 62.7 cm³/mol. The fourth-order valence-corrected chi connectivity index (χ4v) is 1.67. The van der Waals surface area contributed by atoms with E-state index in [4.69, 9.17) is 4.74 Å². The third kappa shape index (κ3) is 3.36. The van der Waals surface area contributed by atoms with Crippen molar-refractivity contribution in [1.29, 1.82) is 0 Å². The first kappa shape index (κ1) is 12.3. The number of aryl methyl sites for hydroxylation is 1. The number of halogens is 1. The third-order valence-corrected chi connectivity index (χ3v) is 2.53. The van der Waals surface area contributed by atoms with Gasteiger partial charge in [-0.15, -0.1) is 12.4 Å². The molecule has 1 aliphatic heterocycles. The highest BCUT2D eigenvalue weighted by Crippen LogP contribution is 2.17. The second-order valence-electron chi connectivity index (χ2n) is 3.69. The van der Waals surface area contributed by atoms with Gasteiger partial charge < -0.3 is 10.1 Å². The van der Waals surface area contributed by atoms with Crippen LogP contribution in [0.5, 0.6) is 5.88 Å². The van der Waals surface area contributed by atoms with E-state index in [1.54, 1.807) is 6.20 Å². The Morgan fingerprint density at radius 2 is 2.13 bits per heavy atom. The van der Waals surface area contributed by atoms with Gasteiger partial charge in [0.15, 0.2) is 0 Å². The Balaban J connectivity index is 0.00000112. The molecule has 1 aromatic rings. The third-order valence-electron chi connectivity index (χ3n) is 2.53. The zero-order valence-corrected chi connectivity index (χ0v) is 9.72. The van der Waals surface area contributed by atoms with Crippen LogP contribution in [0.2, 0.25) is 0 Å².